The van der Waals surface area contributed by atoms with Crippen molar-refractivity contribution in [2.45, 2.75) is 45.6 Å². The van der Waals surface area contributed by atoms with Gasteiger partial charge in [-0.15, -0.1) is 0 Å². The molecule has 0 aliphatic carbocycles. The smallest absolute Gasteiger partial charge is 0.253 e. The maximum atomic E-state index is 11.9. The molecule has 0 aliphatic heterocycles. The monoisotopic (exact) mass is 310 g/mol. The van der Waals surface area contributed by atoms with E-state index in [9.17, 15) is 9.59 Å². The molecule has 1 aromatic carbocycles. The fourth-order valence-corrected chi connectivity index (χ4v) is 2.22. The van der Waals surface area contributed by atoms with Crippen LogP contribution >= 0.6 is 11.6 Å². The zero-order valence-electron chi connectivity index (χ0n) is 12.6. The number of benzene rings is 1. The Morgan fingerprint density at radius 2 is 1.95 bits per heavy atom. The number of hydrogen-bond acceptors (Lipinski definition) is 2. The number of amides is 2. The summed E-state index contributed by atoms with van der Waals surface area (Å²) in [5.41, 5.74) is 0.378. The minimum Gasteiger partial charge on any atom is -0.352 e. The Hall–Kier alpha value is -1.55. The summed E-state index contributed by atoms with van der Waals surface area (Å²) in [4.78, 5) is 23.6. The van der Waals surface area contributed by atoms with Crippen LogP contribution in [0.3, 0.4) is 0 Å². The van der Waals surface area contributed by atoms with Crippen molar-refractivity contribution in [1.82, 2.24) is 10.6 Å². The second-order valence-electron chi connectivity index (χ2n) is 5.13. The van der Waals surface area contributed by atoms with E-state index in [1.807, 2.05) is 6.92 Å². The van der Waals surface area contributed by atoms with Gasteiger partial charge in [-0.25, -0.2) is 0 Å². The van der Waals surface area contributed by atoms with Gasteiger partial charge in [0.05, 0.1) is 17.1 Å². The zero-order chi connectivity index (χ0) is 15.7. The van der Waals surface area contributed by atoms with E-state index in [2.05, 4.69) is 17.6 Å². The lowest BCUT2D eigenvalue weighted by atomic mass is 10.1. The van der Waals surface area contributed by atoms with Crippen molar-refractivity contribution in [3.63, 3.8) is 0 Å². The summed E-state index contributed by atoms with van der Waals surface area (Å²) in [5.74, 6) is -0.520. The molecule has 0 radical (unpaired) electrons. The average Bonchev–Trinajstić information content (AvgIpc) is 2.45. The van der Waals surface area contributed by atoms with Gasteiger partial charge >= 0.3 is 0 Å². The normalized spacial score (nSPS) is 11.8. The highest BCUT2D eigenvalue weighted by atomic mass is 35.5. The predicted molar refractivity (Wildman–Crippen MR) is 85.5 cm³/mol. The first-order chi connectivity index (χ1) is 10.0. The summed E-state index contributed by atoms with van der Waals surface area (Å²) in [7, 11) is 0. The molecule has 116 valence electrons. The molecule has 1 aromatic rings. The summed E-state index contributed by atoms with van der Waals surface area (Å²) in [5, 5.41) is 5.83. The third kappa shape index (κ3) is 6.63. The van der Waals surface area contributed by atoms with Crippen LogP contribution in [0.2, 0.25) is 5.02 Å². The van der Waals surface area contributed by atoms with Crippen molar-refractivity contribution in [3.8, 4) is 0 Å². The van der Waals surface area contributed by atoms with E-state index in [0.717, 1.165) is 19.3 Å². The highest BCUT2D eigenvalue weighted by molar-refractivity contribution is 6.33. The fraction of sp³-hybridized carbons (Fsp3) is 0.500. The topological polar surface area (TPSA) is 58.2 Å². The Morgan fingerprint density at radius 1 is 1.24 bits per heavy atom. The number of carbonyl (C=O) groups is 2. The average molecular weight is 311 g/mol. The zero-order valence-corrected chi connectivity index (χ0v) is 13.4. The third-order valence-corrected chi connectivity index (χ3v) is 3.51. The molecule has 1 unspecified atom stereocenters. The molecule has 0 saturated heterocycles. The maximum absolute atomic E-state index is 11.9. The van der Waals surface area contributed by atoms with Crippen LogP contribution in [0.15, 0.2) is 24.3 Å². The van der Waals surface area contributed by atoms with E-state index < -0.39 is 0 Å². The molecule has 0 bridgehead atoms. The molecular formula is C16H23ClN2O2. The van der Waals surface area contributed by atoms with Gasteiger partial charge in [0.15, 0.2) is 0 Å². The minimum absolute atomic E-state index is 0.0395. The first-order valence-electron chi connectivity index (χ1n) is 7.36. The molecule has 4 nitrogen and oxygen atoms in total. The Bertz CT molecular complexity index is 477. The predicted octanol–water partition coefficient (Wildman–Crippen LogP) is 3.15. The summed E-state index contributed by atoms with van der Waals surface area (Å²) in [6.07, 6.45) is 4.39. The van der Waals surface area contributed by atoms with Gasteiger partial charge in [-0.1, -0.05) is 49.9 Å². The van der Waals surface area contributed by atoms with Gasteiger partial charge in [-0.3, -0.25) is 9.59 Å². The van der Waals surface area contributed by atoms with E-state index in [1.165, 1.54) is 6.42 Å². The van der Waals surface area contributed by atoms with Gasteiger partial charge < -0.3 is 10.6 Å². The van der Waals surface area contributed by atoms with Crippen LogP contribution in [0.1, 0.15) is 49.9 Å². The molecular weight excluding hydrogens is 288 g/mol. The van der Waals surface area contributed by atoms with E-state index in [1.54, 1.807) is 24.3 Å². The van der Waals surface area contributed by atoms with Crippen molar-refractivity contribution < 1.29 is 9.59 Å². The molecule has 0 aliphatic rings. The number of nitrogens with one attached hydrogen (secondary N) is 2. The second-order valence-corrected chi connectivity index (χ2v) is 5.53. The quantitative estimate of drug-likeness (QED) is 0.725. The molecule has 1 rings (SSSR count). The van der Waals surface area contributed by atoms with Gasteiger partial charge in [0.1, 0.15) is 0 Å². The molecule has 2 N–H and O–H groups in total. The standard InChI is InChI=1S/C16H23ClN2O2/c1-3-4-5-8-12(2)19-15(20)11-18-16(21)13-9-6-7-10-14(13)17/h6-7,9-10,12H,3-5,8,11H2,1-2H3,(H,18,21)(H,19,20). The van der Waals surface area contributed by atoms with Crippen LogP contribution in [-0.4, -0.2) is 24.4 Å². The van der Waals surface area contributed by atoms with E-state index in [4.69, 9.17) is 11.6 Å². The lowest BCUT2D eigenvalue weighted by Gasteiger charge is -2.14. The van der Waals surface area contributed by atoms with Crippen molar-refractivity contribution in [3.05, 3.63) is 34.9 Å². The number of hydrogen-bond donors (Lipinski definition) is 2. The third-order valence-electron chi connectivity index (χ3n) is 3.18. The van der Waals surface area contributed by atoms with Crippen LogP contribution in [0, 0.1) is 0 Å². The van der Waals surface area contributed by atoms with Gasteiger partial charge in [0.25, 0.3) is 5.91 Å². The molecule has 1 atom stereocenters. The van der Waals surface area contributed by atoms with Crippen molar-refractivity contribution in [2.75, 3.05) is 6.54 Å². The highest BCUT2D eigenvalue weighted by Crippen LogP contribution is 2.14. The van der Waals surface area contributed by atoms with Gasteiger partial charge in [0.2, 0.25) is 5.91 Å². The van der Waals surface area contributed by atoms with Crippen LogP contribution in [-0.2, 0) is 4.79 Å². The molecule has 0 spiro atoms. The number of carbonyl (C=O) groups excluding carboxylic acids is 2. The summed E-state index contributed by atoms with van der Waals surface area (Å²) < 4.78 is 0. The lowest BCUT2D eigenvalue weighted by molar-refractivity contribution is -0.120. The summed E-state index contributed by atoms with van der Waals surface area (Å²) >= 11 is 5.93. The summed E-state index contributed by atoms with van der Waals surface area (Å²) in [6, 6.07) is 6.89. The van der Waals surface area contributed by atoms with Crippen LogP contribution in [0.25, 0.3) is 0 Å². The SMILES string of the molecule is CCCCCC(C)NC(=O)CNC(=O)c1ccccc1Cl. The highest BCUT2D eigenvalue weighted by Gasteiger charge is 2.12. The van der Waals surface area contributed by atoms with E-state index >= 15 is 0 Å². The molecule has 5 heteroatoms. The first kappa shape index (κ1) is 17.5. The Balaban J connectivity index is 2.33. The molecule has 21 heavy (non-hydrogen) atoms. The van der Waals surface area contributed by atoms with Crippen LogP contribution in [0.5, 0.6) is 0 Å². The van der Waals surface area contributed by atoms with Crippen molar-refractivity contribution in [1.29, 1.82) is 0 Å². The molecule has 0 saturated carbocycles. The fourth-order valence-electron chi connectivity index (χ4n) is 2.00. The van der Waals surface area contributed by atoms with Crippen molar-refractivity contribution >= 4 is 23.4 Å². The Morgan fingerprint density at radius 3 is 2.62 bits per heavy atom. The number of halogens is 1. The minimum atomic E-state index is -0.339. The molecule has 0 heterocycles. The molecule has 0 aromatic heterocycles. The van der Waals surface area contributed by atoms with Crippen molar-refractivity contribution in [2.24, 2.45) is 0 Å². The molecule has 0 fully saturated rings. The summed E-state index contributed by atoms with van der Waals surface area (Å²) in [6.45, 7) is 4.08. The largest absolute Gasteiger partial charge is 0.352 e. The lowest BCUT2D eigenvalue weighted by Crippen LogP contribution is -2.40. The van der Waals surface area contributed by atoms with E-state index in [-0.39, 0.29) is 24.4 Å². The van der Waals surface area contributed by atoms with Gasteiger partial charge in [0, 0.05) is 6.04 Å². The number of rotatable bonds is 8. The van der Waals surface area contributed by atoms with Gasteiger partial charge in [-0.2, -0.15) is 0 Å². The maximum Gasteiger partial charge on any atom is 0.253 e. The van der Waals surface area contributed by atoms with E-state index in [0.29, 0.717) is 10.6 Å². The Kier molecular flexibility index (Phi) is 7.83. The molecule has 2 amide bonds. The second kappa shape index (κ2) is 9.40. The van der Waals surface area contributed by atoms with Gasteiger partial charge in [-0.05, 0) is 25.5 Å². The first-order valence-corrected chi connectivity index (χ1v) is 7.74. The van der Waals surface area contributed by atoms with Crippen LogP contribution in [0.4, 0.5) is 0 Å². The van der Waals surface area contributed by atoms with Crippen LogP contribution < -0.4 is 10.6 Å². The Labute approximate surface area is 131 Å². The number of unbranched alkanes of at least 4 members (excludes halogenated alkanes) is 2.